The van der Waals surface area contributed by atoms with E-state index < -0.39 is 16.6 Å². The highest BCUT2D eigenvalue weighted by molar-refractivity contribution is 5.95. The SMILES string of the molecule is Cc1ccc2c(c1)c(=O)n(C)c1nnc(COC(=O)c3cc4c(cc3[N+](=O)[O-])OCCO4)n21. The van der Waals surface area contributed by atoms with Gasteiger partial charge in [-0.15, -0.1) is 10.2 Å². The number of ether oxygens (including phenoxy) is 3. The van der Waals surface area contributed by atoms with Crippen LogP contribution in [0.4, 0.5) is 5.69 Å². The lowest BCUT2D eigenvalue weighted by molar-refractivity contribution is -0.385. The van der Waals surface area contributed by atoms with Crippen molar-refractivity contribution in [2.75, 3.05) is 13.2 Å². The molecule has 12 nitrogen and oxygen atoms in total. The first-order chi connectivity index (χ1) is 15.8. The minimum Gasteiger partial charge on any atom is -0.486 e. The molecule has 2 aromatic carbocycles. The zero-order chi connectivity index (χ0) is 23.3. The minimum absolute atomic E-state index is 0.190. The number of nitro groups is 1. The Morgan fingerprint density at radius 2 is 1.91 bits per heavy atom. The van der Waals surface area contributed by atoms with Gasteiger partial charge in [0, 0.05) is 13.1 Å². The molecule has 0 unspecified atom stereocenters. The van der Waals surface area contributed by atoms with E-state index in [0.717, 1.165) is 11.6 Å². The van der Waals surface area contributed by atoms with Crippen molar-refractivity contribution in [2.45, 2.75) is 13.5 Å². The van der Waals surface area contributed by atoms with Gasteiger partial charge in [-0.05, 0) is 19.1 Å². The maximum absolute atomic E-state index is 12.8. The molecule has 0 spiro atoms. The molecule has 3 heterocycles. The predicted octanol–water partition coefficient (Wildman–Crippen LogP) is 1.93. The fourth-order valence-corrected chi connectivity index (χ4v) is 3.75. The molecule has 168 valence electrons. The van der Waals surface area contributed by atoms with Crippen molar-refractivity contribution >= 4 is 28.3 Å². The second kappa shape index (κ2) is 7.58. The van der Waals surface area contributed by atoms with Gasteiger partial charge < -0.3 is 14.2 Å². The van der Waals surface area contributed by atoms with Crippen LogP contribution in [0.5, 0.6) is 11.5 Å². The van der Waals surface area contributed by atoms with E-state index in [1.165, 1.54) is 10.6 Å². The van der Waals surface area contributed by atoms with E-state index in [0.29, 0.717) is 10.9 Å². The molecule has 0 saturated carbocycles. The zero-order valence-electron chi connectivity index (χ0n) is 17.6. The molecule has 4 aromatic rings. The number of nitro benzene ring substituents is 1. The number of aromatic nitrogens is 4. The predicted molar refractivity (Wildman–Crippen MR) is 114 cm³/mol. The molecule has 0 aliphatic carbocycles. The van der Waals surface area contributed by atoms with Crippen molar-refractivity contribution < 1.29 is 23.9 Å². The van der Waals surface area contributed by atoms with Crippen molar-refractivity contribution in [3.63, 3.8) is 0 Å². The summed E-state index contributed by atoms with van der Waals surface area (Å²) in [6, 6.07) is 7.74. The zero-order valence-corrected chi connectivity index (χ0v) is 17.6. The van der Waals surface area contributed by atoms with Crippen molar-refractivity contribution in [1.82, 2.24) is 19.2 Å². The number of aryl methyl sites for hydroxylation is 2. The molecular weight excluding hydrogens is 434 g/mol. The van der Waals surface area contributed by atoms with Gasteiger partial charge in [0.25, 0.3) is 11.2 Å². The van der Waals surface area contributed by atoms with Crippen LogP contribution in [-0.2, 0) is 18.4 Å². The maximum Gasteiger partial charge on any atom is 0.345 e. The Labute approximate surface area is 185 Å². The standard InChI is InChI=1S/C21H17N5O7/c1-11-3-4-14-12(7-11)19(27)24(2)21-23-22-18(25(14)21)10-33-20(28)13-8-16-17(32-6-5-31-16)9-15(13)26(29)30/h3-4,7-9H,5-6,10H2,1-2H3. The lowest BCUT2D eigenvalue weighted by atomic mass is 10.1. The molecule has 1 aliphatic heterocycles. The quantitative estimate of drug-likeness (QED) is 0.258. The molecular formula is C21H17N5O7. The van der Waals surface area contributed by atoms with Crippen LogP contribution in [0, 0.1) is 17.0 Å². The highest BCUT2D eigenvalue weighted by atomic mass is 16.6. The van der Waals surface area contributed by atoms with Gasteiger partial charge in [-0.3, -0.25) is 23.9 Å². The second-order valence-corrected chi connectivity index (χ2v) is 7.48. The van der Waals surface area contributed by atoms with Gasteiger partial charge >= 0.3 is 5.97 Å². The van der Waals surface area contributed by atoms with Crippen molar-refractivity contribution in [1.29, 1.82) is 0 Å². The highest BCUT2D eigenvalue weighted by Gasteiger charge is 2.28. The summed E-state index contributed by atoms with van der Waals surface area (Å²) < 4.78 is 19.1. The van der Waals surface area contributed by atoms with E-state index in [2.05, 4.69) is 10.2 Å². The van der Waals surface area contributed by atoms with E-state index in [1.54, 1.807) is 23.6 Å². The first-order valence-electron chi connectivity index (χ1n) is 9.93. The number of fused-ring (bicyclic) bond motifs is 4. The summed E-state index contributed by atoms with van der Waals surface area (Å²) in [4.78, 5) is 36.3. The number of hydrogen-bond donors (Lipinski definition) is 0. The van der Waals surface area contributed by atoms with Gasteiger partial charge in [-0.2, -0.15) is 0 Å². The first kappa shape index (κ1) is 20.4. The average molecular weight is 451 g/mol. The number of nitrogens with zero attached hydrogens (tertiary/aromatic N) is 5. The van der Waals surface area contributed by atoms with Gasteiger partial charge in [-0.25, -0.2) is 4.79 Å². The summed E-state index contributed by atoms with van der Waals surface area (Å²) in [5, 5.41) is 20.1. The number of esters is 1. The minimum atomic E-state index is -0.930. The van der Waals surface area contributed by atoms with Gasteiger partial charge in [0.1, 0.15) is 18.8 Å². The van der Waals surface area contributed by atoms with Crippen molar-refractivity contribution in [3.05, 3.63) is 67.8 Å². The summed E-state index contributed by atoms with van der Waals surface area (Å²) in [7, 11) is 1.57. The molecule has 0 fully saturated rings. The average Bonchev–Trinajstić information content (AvgIpc) is 3.24. The van der Waals surface area contributed by atoms with Gasteiger partial charge in [0.05, 0.1) is 21.9 Å². The van der Waals surface area contributed by atoms with E-state index in [1.807, 2.05) is 13.0 Å². The Balaban J connectivity index is 1.52. The largest absolute Gasteiger partial charge is 0.486 e. The maximum atomic E-state index is 12.8. The molecule has 1 aliphatic rings. The van der Waals surface area contributed by atoms with Gasteiger partial charge in [0.2, 0.25) is 5.78 Å². The summed E-state index contributed by atoms with van der Waals surface area (Å²) >= 11 is 0. The molecule has 0 saturated heterocycles. The van der Waals surface area contributed by atoms with E-state index in [9.17, 15) is 19.7 Å². The topological polar surface area (TPSA) is 140 Å². The Kier molecular flexibility index (Phi) is 4.69. The normalized spacial score (nSPS) is 12.8. The van der Waals surface area contributed by atoms with Gasteiger partial charge in [-0.1, -0.05) is 11.6 Å². The van der Waals surface area contributed by atoms with Crippen LogP contribution in [-0.4, -0.2) is 43.3 Å². The molecule has 0 amide bonds. The van der Waals surface area contributed by atoms with E-state index >= 15 is 0 Å². The third kappa shape index (κ3) is 3.32. The van der Waals surface area contributed by atoms with Crippen LogP contribution in [0.1, 0.15) is 21.7 Å². The van der Waals surface area contributed by atoms with E-state index in [4.69, 9.17) is 14.2 Å². The van der Waals surface area contributed by atoms with Crippen LogP contribution in [0.2, 0.25) is 0 Å². The molecule has 2 aromatic heterocycles. The summed E-state index contributed by atoms with van der Waals surface area (Å²) in [6.07, 6.45) is 0. The number of carbonyl (C=O) groups excluding carboxylic acids is 1. The fourth-order valence-electron chi connectivity index (χ4n) is 3.75. The lowest BCUT2D eigenvalue weighted by Gasteiger charge is -2.18. The third-order valence-corrected chi connectivity index (χ3v) is 5.35. The summed E-state index contributed by atoms with van der Waals surface area (Å²) in [6.45, 7) is 2.06. The lowest BCUT2D eigenvalue weighted by Crippen LogP contribution is -2.21. The molecule has 0 radical (unpaired) electrons. The Morgan fingerprint density at radius 3 is 2.64 bits per heavy atom. The Morgan fingerprint density at radius 1 is 1.18 bits per heavy atom. The van der Waals surface area contributed by atoms with Crippen LogP contribution in [0.15, 0.2) is 35.1 Å². The molecule has 0 N–H and O–H groups in total. The van der Waals surface area contributed by atoms with Crippen LogP contribution in [0.3, 0.4) is 0 Å². The summed E-state index contributed by atoms with van der Waals surface area (Å²) in [5.41, 5.74) is 0.500. The molecule has 12 heteroatoms. The smallest absolute Gasteiger partial charge is 0.345 e. The monoisotopic (exact) mass is 451 g/mol. The Hall–Kier alpha value is -4.48. The van der Waals surface area contributed by atoms with Crippen LogP contribution in [0.25, 0.3) is 16.7 Å². The molecule has 0 atom stereocenters. The third-order valence-electron chi connectivity index (χ3n) is 5.35. The summed E-state index contributed by atoms with van der Waals surface area (Å²) in [5.74, 6) is 0.00910. The van der Waals surface area contributed by atoms with Crippen molar-refractivity contribution in [2.24, 2.45) is 7.05 Å². The number of benzene rings is 2. The number of rotatable bonds is 4. The van der Waals surface area contributed by atoms with Crippen molar-refractivity contribution in [3.8, 4) is 11.5 Å². The van der Waals surface area contributed by atoms with Crippen LogP contribution < -0.4 is 15.0 Å². The molecule has 5 rings (SSSR count). The second-order valence-electron chi connectivity index (χ2n) is 7.48. The van der Waals surface area contributed by atoms with Crippen LogP contribution >= 0.6 is 0 Å². The van der Waals surface area contributed by atoms with E-state index in [-0.39, 0.29) is 54.0 Å². The fraction of sp³-hybridized carbons (Fsp3) is 0.238. The molecule has 33 heavy (non-hydrogen) atoms. The first-order valence-corrected chi connectivity index (χ1v) is 9.93. The Bertz CT molecular complexity index is 1520. The van der Waals surface area contributed by atoms with Gasteiger partial charge in [0.15, 0.2) is 23.9 Å². The number of hydrogen-bond acceptors (Lipinski definition) is 9. The number of carbonyl (C=O) groups is 1. The highest BCUT2D eigenvalue weighted by Crippen LogP contribution is 2.37. The molecule has 0 bridgehead atoms.